The molecule has 1 aromatic rings. The van der Waals surface area contributed by atoms with Crippen molar-refractivity contribution in [3.8, 4) is 6.07 Å². The SMILES string of the molecule is CC(O)C1CCN(C(=O)Nc2ccc(F)cc2C#N)CC1. The maximum absolute atomic E-state index is 13.0. The Kier molecular flexibility index (Phi) is 4.76. The van der Waals surface area contributed by atoms with Gasteiger partial charge >= 0.3 is 6.03 Å². The predicted molar refractivity (Wildman–Crippen MR) is 76.1 cm³/mol. The Balaban J connectivity index is 1.98. The zero-order valence-corrected chi connectivity index (χ0v) is 11.8. The number of halogens is 1. The largest absolute Gasteiger partial charge is 0.393 e. The fraction of sp³-hybridized carbons (Fsp3) is 0.467. The molecule has 1 saturated heterocycles. The van der Waals surface area contributed by atoms with Crippen LogP contribution in [0.1, 0.15) is 25.3 Å². The molecule has 1 aliphatic heterocycles. The molecule has 0 saturated carbocycles. The van der Waals surface area contributed by atoms with E-state index >= 15 is 0 Å². The number of amides is 2. The van der Waals surface area contributed by atoms with Crippen LogP contribution in [0.25, 0.3) is 0 Å². The van der Waals surface area contributed by atoms with Crippen LogP contribution in [0.2, 0.25) is 0 Å². The summed E-state index contributed by atoms with van der Waals surface area (Å²) in [5, 5.41) is 21.1. The van der Waals surface area contributed by atoms with Crippen molar-refractivity contribution in [2.75, 3.05) is 18.4 Å². The molecule has 0 radical (unpaired) electrons. The summed E-state index contributed by atoms with van der Waals surface area (Å²) >= 11 is 0. The molecule has 5 nitrogen and oxygen atoms in total. The number of benzene rings is 1. The second-order valence-electron chi connectivity index (χ2n) is 5.30. The van der Waals surface area contributed by atoms with Gasteiger partial charge in [0, 0.05) is 13.1 Å². The van der Waals surface area contributed by atoms with Gasteiger partial charge in [-0.2, -0.15) is 5.26 Å². The molecule has 0 bridgehead atoms. The molecule has 0 aromatic heterocycles. The first-order valence-corrected chi connectivity index (χ1v) is 6.95. The molecule has 0 aliphatic carbocycles. The second kappa shape index (κ2) is 6.55. The van der Waals surface area contributed by atoms with Crippen molar-refractivity contribution in [3.05, 3.63) is 29.6 Å². The van der Waals surface area contributed by atoms with E-state index in [1.807, 2.05) is 6.07 Å². The first kappa shape index (κ1) is 15.3. The summed E-state index contributed by atoms with van der Waals surface area (Å²) in [5.41, 5.74) is 0.406. The Labute approximate surface area is 123 Å². The number of nitrogens with one attached hydrogen (secondary N) is 1. The number of carbonyl (C=O) groups excluding carboxylic acids is 1. The molecule has 21 heavy (non-hydrogen) atoms. The van der Waals surface area contributed by atoms with E-state index in [1.54, 1.807) is 11.8 Å². The second-order valence-corrected chi connectivity index (χ2v) is 5.30. The number of likely N-dealkylation sites (tertiary alicyclic amines) is 1. The molecule has 2 amide bonds. The first-order chi connectivity index (χ1) is 10.0. The molecule has 112 valence electrons. The van der Waals surface area contributed by atoms with E-state index in [-0.39, 0.29) is 23.6 Å². The van der Waals surface area contributed by atoms with E-state index in [4.69, 9.17) is 5.26 Å². The van der Waals surface area contributed by atoms with Gasteiger partial charge in [-0.05, 0) is 43.9 Å². The number of hydrogen-bond acceptors (Lipinski definition) is 3. The predicted octanol–water partition coefficient (Wildman–Crippen LogP) is 2.32. The van der Waals surface area contributed by atoms with Crippen LogP contribution < -0.4 is 5.32 Å². The highest BCUT2D eigenvalue weighted by atomic mass is 19.1. The third-order valence-electron chi connectivity index (χ3n) is 3.85. The van der Waals surface area contributed by atoms with Gasteiger partial charge in [-0.25, -0.2) is 9.18 Å². The summed E-state index contributed by atoms with van der Waals surface area (Å²) in [6.45, 7) is 2.88. The molecule has 6 heteroatoms. The lowest BCUT2D eigenvalue weighted by Gasteiger charge is -2.33. The average molecular weight is 291 g/mol. The molecule has 2 rings (SSSR count). The smallest absolute Gasteiger partial charge is 0.321 e. The van der Waals surface area contributed by atoms with Gasteiger partial charge in [0.25, 0.3) is 0 Å². The highest BCUT2D eigenvalue weighted by molar-refractivity contribution is 5.90. The van der Waals surface area contributed by atoms with E-state index in [9.17, 15) is 14.3 Å². The summed E-state index contributed by atoms with van der Waals surface area (Å²) in [5.74, 6) is -0.295. The van der Waals surface area contributed by atoms with E-state index in [1.165, 1.54) is 12.1 Å². The van der Waals surface area contributed by atoms with Gasteiger partial charge in [-0.15, -0.1) is 0 Å². The molecule has 1 aliphatic rings. The molecule has 1 unspecified atom stereocenters. The molecule has 1 aromatic carbocycles. The Hall–Kier alpha value is -2.13. The molecule has 2 N–H and O–H groups in total. The number of aliphatic hydroxyl groups is 1. The Morgan fingerprint density at radius 2 is 2.19 bits per heavy atom. The van der Waals surface area contributed by atoms with Crippen LogP contribution in [0.4, 0.5) is 14.9 Å². The molecule has 1 atom stereocenters. The van der Waals surface area contributed by atoms with Crippen molar-refractivity contribution in [1.29, 1.82) is 5.26 Å². The van der Waals surface area contributed by atoms with Gasteiger partial charge in [-0.3, -0.25) is 0 Å². The number of carbonyl (C=O) groups is 1. The minimum absolute atomic E-state index is 0.0993. The summed E-state index contributed by atoms with van der Waals surface area (Å²) in [4.78, 5) is 13.8. The van der Waals surface area contributed by atoms with E-state index in [2.05, 4.69) is 5.32 Å². The van der Waals surface area contributed by atoms with Crippen molar-refractivity contribution in [2.45, 2.75) is 25.9 Å². The number of rotatable bonds is 2. The third kappa shape index (κ3) is 3.70. The molecule has 0 spiro atoms. The fourth-order valence-electron chi connectivity index (χ4n) is 2.50. The number of nitrogens with zero attached hydrogens (tertiary/aromatic N) is 2. The van der Waals surface area contributed by atoms with Crippen molar-refractivity contribution in [1.82, 2.24) is 4.90 Å². The molecule has 1 heterocycles. The highest BCUT2D eigenvalue weighted by Gasteiger charge is 2.25. The lowest BCUT2D eigenvalue weighted by atomic mass is 9.92. The van der Waals surface area contributed by atoms with E-state index < -0.39 is 5.82 Å². The summed E-state index contributed by atoms with van der Waals surface area (Å²) in [6, 6.07) is 5.24. The maximum atomic E-state index is 13.0. The Morgan fingerprint density at radius 3 is 2.76 bits per heavy atom. The van der Waals surface area contributed by atoms with Gasteiger partial charge in [-0.1, -0.05) is 0 Å². The van der Waals surface area contributed by atoms with Crippen LogP contribution in [-0.4, -0.2) is 35.2 Å². The standard InChI is InChI=1S/C15H18FN3O2/c1-10(20)11-4-6-19(7-5-11)15(21)18-14-3-2-13(16)8-12(14)9-17/h2-3,8,10-11,20H,4-7H2,1H3,(H,18,21). The number of hydrogen-bond donors (Lipinski definition) is 2. The van der Waals surface area contributed by atoms with E-state index in [0.29, 0.717) is 18.8 Å². The van der Waals surface area contributed by atoms with Crippen LogP contribution in [0.5, 0.6) is 0 Å². The Bertz CT molecular complexity index is 561. The lowest BCUT2D eigenvalue weighted by molar-refractivity contribution is 0.0820. The first-order valence-electron chi connectivity index (χ1n) is 6.95. The normalized spacial score (nSPS) is 17.1. The molecular weight excluding hydrogens is 273 g/mol. The highest BCUT2D eigenvalue weighted by Crippen LogP contribution is 2.22. The molecular formula is C15H18FN3O2. The minimum atomic E-state index is -0.512. The van der Waals surface area contributed by atoms with Crippen molar-refractivity contribution >= 4 is 11.7 Å². The van der Waals surface area contributed by atoms with Gasteiger partial charge < -0.3 is 15.3 Å². The topological polar surface area (TPSA) is 76.4 Å². The number of piperidine rings is 1. The van der Waals surface area contributed by atoms with Crippen LogP contribution in [0, 0.1) is 23.1 Å². The zero-order valence-electron chi connectivity index (χ0n) is 11.8. The number of aliphatic hydroxyl groups excluding tert-OH is 1. The van der Waals surface area contributed by atoms with Crippen molar-refractivity contribution in [3.63, 3.8) is 0 Å². The van der Waals surface area contributed by atoms with Crippen LogP contribution in [0.15, 0.2) is 18.2 Å². The maximum Gasteiger partial charge on any atom is 0.321 e. The van der Waals surface area contributed by atoms with Crippen LogP contribution >= 0.6 is 0 Å². The monoisotopic (exact) mass is 291 g/mol. The molecule has 1 fully saturated rings. The van der Waals surface area contributed by atoms with Gasteiger partial charge in [0.15, 0.2) is 0 Å². The Morgan fingerprint density at radius 1 is 1.52 bits per heavy atom. The zero-order chi connectivity index (χ0) is 15.4. The lowest BCUT2D eigenvalue weighted by Crippen LogP contribution is -2.42. The average Bonchev–Trinajstić information content (AvgIpc) is 2.49. The van der Waals surface area contributed by atoms with E-state index in [0.717, 1.165) is 18.9 Å². The summed E-state index contributed by atoms with van der Waals surface area (Å²) in [6.07, 6.45) is 1.14. The quantitative estimate of drug-likeness (QED) is 0.878. The minimum Gasteiger partial charge on any atom is -0.393 e. The number of anilines is 1. The van der Waals surface area contributed by atoms with Crippen molar-refractivity contribution < 1.29 is 14.3 Å². The fourth-order valence-corrected chi connectivity index (χ4v) is 2.50. The van der Waals surface area contributed by atoms with Gasteiger partial charge in [0.05, 0.1) is 17.4 Å². The third-order valence-corrected chi connectivity index (χ3v) is 3.85. The number of nitriles is 1. The van der Waals surface area contributed by atoms with Gasteiger partial charge in [0.1, 0.15) is 11.9 Å². The summed E-state index contributed by atoms with van der Waals surface area (Å²) < 4.78 is 13.0. The van der Waals surface area contributed by atoms with Crippen LogP contribution in [0.3, 0.4) is 0 Å². The van der Waals surface area contributed by atoms with Crippen LogP contribution in [-0.2, 0) is 0 Å². The van der Waals surface area contributed by atoms with Gasteiger partial charge in [0.2, 0.25) is 0 Å². The summed E-state index contributed by atoms with van der Waals surface area (Å²) in [7, 11) is 0. The van der Waals surface area contributed by atoms with Crippen molar-refractivity contribution in [2.24, 2.45) is 5.92 Å². The number of urea groups is 1.